The lowest BCUT2D eigenvalue weighted by atomic mass is 9.91. The van der Waals surface area contributed by atoms with E-state index in [0.717, 1.165) is 6.54 Å². The zero-order valence-electron chi connectivity index (χ0n) is 9.88. The van der Waals surface area contributed by atoms with Gasteiger partial charge >= 0.3 is 0 Å². The van der Waals surface area contributed by atoms with Crippen LogP contribution in [0.25, 0.3) is 0 Å². The van der Waals surface area contributed by atoms with Crippen molar-refractivity contribution in [1.82, 2.24) is 10.2 Å². The zero-order valence-corrected chi connectivity index (χ0v) is 9.88. The highest BCUT2D eigenvalue weighted by atomic mass is 16.2. The van der Waals surface area contributed by atoms with Crippen molar-refractivity contribution in [2.45, 2.75) is 57.5 Å². The predicted molar refractivity (Wildman–Crippen MR) is 60.7 cm³/mol. The molecule has 3 heteroatoms. The lowest BCUT2D eigenvalue weighted by Crippen LogP contribution is -2.62. The zero-order chi connectivity index (χ0) is 10.9. The van der Waals surface area contributed by atoms with Crippen molar-refractivity contribution in [2.75, 3.05) is 13.1 Å². The van der Waals surface area contributed by atoms with E-state index < -0.39 is 0 Å². The van der Waals surface area contributed by atoms with Crippen LogP contribution in [-0.4, -0.2) is 35.5 Å². The van der Waals surface area contributed by atoms with Gasteiger partial charge in [-0.2, -0.15) is 0 Å². The average Bonchev–Trinajstić information content (AvgIpc) is 2.23. The molecule has 1 heterocycles. The largest absolute Gasteiger partial charge is 0.337 e. The van der Waals surface area contributed by atoms with Gasteiger partial charge in [0.1, 0.15) is 0 Å². The van der Waals surface area contributed by atoms with Crippen LogP contribution in [-0.2, 0) is 4.79 Å². The summed E-state index contributed by atoms with van der Waals surface area (Å²) in [5, 5.41) is 3.29. The Balaban J connectivity index is 2.01. The Labute approximate surface area is 92.2 Å². The summed E-state index contributed by atoms with van der Waals surface area (Å²) in [5.41, 5.74) is 0.0886. The minimum Gasteiger partial charge on any atom is -0.337 e. The van der Waals surface area contributed by atoms with Crippen molar-refractivity contribution < 1.29 is 4.79 Å². The molecule has 2 rings (SSSR count). The first-order valence-electron chi connectivity index (χ1n) is 6.13. The molecule has 2 aliphatic rings. The number of hydrogen-bond donors (Lipinski definition) is 1. The Kier molecular flexibility index (Phi) is 3.01. The molecular weight excluding hydrogens is 188 g/mol. The number of nitrogens with zero attached hydrogens (tertiary/aromatic N) is 1. The van der Waals surface area contributed by atoms with E-state index in [0.29, 0.717) is 18.5 Å². The molecule has 1 N–H and O–H groups in total. The van der Waals surface area contributed by atoms with Crippen LogP contribution in [0.15, 0.2) is 0 Å². The molecule has 0 bridgehead atoms. The average molecular weight is 210 g/mol. The van der Waals surface area contributed by atoms with E-state index in [1.54, 1.807) is 0 Å². The SMILES string of the molecule is CC1(C)CN(C2CCCCC2)C(=O)CN1. The fourth-order valence-electron chi connectivity index (χ4n) is 2.71. The number of rotatable bonds is 1. The first-order valence-corrected chi connectivity index (χ1v) is 6.13. The molecule has 0 spiro atoms. The first-order chi connectivity index (χ1) is 7.08. The third-order valence-electron chi connectivity index (χ3n) is 3.62. The van der Waals surface area contributed by atoms with Gasteiger partial charge in [0.25, 0.3) is 0 Å². The molecule has 86 valence electrons. The molecule has 1 aliphatic heterocycles. The molecule has 15 heavy (non-hydrogen) atoms. The molecule has 1 saturated heterocycles. The molecule has 0 atom stereocenters. The molecule has 1 amide bonds. The Morgan fingerprint density at radius 2 is 1.93 bits per heavy atom. The number of carbonyl (C=O) groups is 1. The van der Waals surface area contributed by atoms with Crippen molar-refractivity contribution in [3.05, 3.63) is 0 Å². The summed E-state index contributed by atoms with van der Waals surface area (Å²) in [6, 6.07) is 0.521. The third-order valence-corrected chi connectivity index (χ3v) is 3.62. The van der Waals surface area contributed by atoms with E-state index >= 15 is 0 Å². The topological polar surface area (TPSA) is 32.3 Å². The quantitative estimate of drug-likeness (QED) is 0.712. The Morgan fingerprint density at radius 1 is 1.27 bits per heavy atom. The number of piperazine rings is 1. The number of nitrogens with one attached hydrogen (secondary N) is 1. The van der Waals surface area contributed by atoms with Crippen LogP contribution in [0.2, 0.25) is 0 Å². The molecular formula is C12H22N2O. The van der Waals surface area contributed by atoms with Crippen LogP contribution in [0.4, 0.5) is 0 Å². The number of carbonyl (C=O) groups excluding carboxylic acids is 1. The summed E-state index contributed by atoms with van der Waals surface area (Å²) in [4.78, 5) is 14.0. The maximum absolute atomic E-state index is 11.8. The van der Waals surface area contributed by atoms with Crippen LogP contribution >= 0.6 is 0 Å². The first kappa shape index (κ1) is 10.9. The molecule has 0 radical (unpaired) electrons. The highest BCUT2D eigenvalue weighted by Gasteiger charge is 2.34. The van der Waals surface area contributed by atoms with Crippen LogP contribution < -0.4 is 5.32 Å². The number of hydrogen-bond acceptors (Lipinski definition) is 2. The Bertz CT molecular complexity index is 244. The van der Waals surface area contributed by atoms with Gasteiger partial charge < -0.3 is 10.2 Å². The van der Waals surface area contributed by atoms with Gasteiger partial charge in [-0.05, 0) is 26.7 Å². The molecule has 1 saturated carbocycles. The van der Waals surface area contributed by atoms with Crippen molar-refractivity contribution in [3.63, 3.8) is 0 Å². The minimum atomic E-state index is 0.0886. The van der Waals surface area contributed by atoms with Crippen molar-refractivity contribution in [3.8, 4) is 0 Å². The second-order valence-corrected chi connectivity index (χ2v) is 5.55. The molecule has 1 aliphatic carbocycles. The van der Waals surface area contributed by atoms with Gasteiger partial charge in [-0.15, -0.1) is 0 Å². The summed E-state index contributed by atoms with van der Waals surface area (Å²) in [6.45, 7) is 5.74. The fraction of sp³-hybridized carbons (Fsp3) is 0.917. The molecule has 0 aromatic rings. The summed E-state index contributed by atoms with van der Waals surface area (Å²) >= 11 is 0. The Hall–Kier alpha value is -0.570. The molecule has 3 nitrogen and oxygen atoms in total. The summed E-state index contributed by atoms with van der Waals surface area (Å²) < 4.78 is 0. The predicted octanol–water partition coefficient (Wildman–Crippen LogP) is 1.53. The maximum Gasteiger partial charge on any atom is 0.236 e. The van der Waals surface area contributed by atoms with Gasteiger partial charge in [-0.1, -0.05) is 19.3 Å². The second kappa shape index (κ2) is 4.12. The lowest BCUT2D eigenvalue weighted by Gasteiger charge is -2.44. The van der Waals surface area contributed by atoms with Gasteiger partial charge in [0.15, 0.2) is 0 Å². The van der Waals surface area contributed by atoms with E-state index in [1.807, 2.05) is 0 Å². The molecule has 0 aromatic carbocycles. The second-order valence-electron chi connectivity index (χ2n) is 5.55. The van der Waals surface area contributed by atoms with Crippen LogP contribution in [0.3, 0.4) is 0 Å². The van der Waals surface area contributed by atoms with Crippen molar-refractivity contribution in [2.24, 2.45) is 0 Å². The highest BCUT2D eigenvalue weighted by Crippen LogP contribution is 2.25. The maximum atomic E-state index is 11.8. The van der Waals surface area contributed by atoms with E-state index in [9.17, 15) is 4.79 Å². The van der Waals surface area contributed by atoms with Crippen LogP contribution in [0.5, 0.6) is 0 Å². The summed E-state index contributed by atoms with van der Waals surface area (Å²) in [7, 11) is 0. The fourth-order valence-corrected chi connectivity index (χ4v) is 2.71. The van der Waals surface area contributed by atoms with E-state index in [4.69, 9.17) is 0 Å². The standard InChI is InChI=1S/C12H22N2O/c1-12(2)9-14(11(15)8-13-12)10-6-4-3-5-7-10/h10,13H,3-9H2,1-2H3. The van der Waals surface area contributed by atoms with Gasteiger partial charge in [0.2, 0.25) is 5.91 Å². The molecule has 2 fully saturated rings. The Morgan fingerprint density at radius 3 is 2.60 bits per heavy atom. The van der Waals surface area contributed by atoms with Crippen LogP contribution in [0.1, 0.15) is 46.0 Å². The smallest absolute Gasteiger partial charge is 0.236 e. The third kappa shape index (κ3) is 2.51. The van der Waals surface area contributed by atoms with Crippen molar-refractivity contribution in [1.29, 1.82) is 0 Å². The van der Waals surface area contributed by atoms with Gasteiger partial charge in [0.05, 0.1) is 6.54 Å². The minimum absolute atomic E-state index is 0.0886. The van der Waals surface area contributed by atoms with E-state index in [-0.39, 0.29) is 5.54 Å². The highest BCUT2D eigenvalue weighted by molar-refractivity contribution is 5.79. The summed E-state index contributed by atoms with van der Waals surface area (Å²) in [5.74, 6) is 0.293. The lowest BCUT2D eigenvalue weighted by molar-refractivity contribution is -0.137. The number of amides is 1. The van der Waals surface area contributed by atoms with Crippen LogP contribution in [0, 0.1) is 0 Å². The van der Waals surface area contributed by atoms with E-state index in [1.165, 1.54) is 32.1 Å². The van der Waals surface area contributed by atoms with Crippen molar-refractivity contribution >= 4 is 5.91 Å². The summed E-state index contributed by atoms with van der Waals surface area (Å²) in [6.07, 6.45) is 6.36. The van der Waals surface area contributed by atoms with Gasteiger partial charge in [0, 0.05) is 18.1 Å². The molecule has 0 unspecified atom stereocenters. The van der Waals surface area contributed by atoms with Gasteiger partial charge in [-0.25, -0.2) is 0 Å². The van der Waals surface area contributed by atoms with Gasteiger partial charge in [-0.3, -0.25) is 4.79 Å². The monoisotopic (exact) mass is 210 g/mol. The normalized spacial score (nSPS) is 28.1. The van der Waals surface area contributed by atoms with E-state index in [2.05, 4.69) is 24.1 Å². The molecule has 0 aromatic heterocycles.